The van der Waals surface area contributed by atoms with E-state index in [1.807, 2.05) is 35.9 Å². The molecule has 3 aromatic rings. The Hall–Kier alpha value is -2.11. The largest absolute Gasteiger partial charge is 0.381 e. The first-order valence-electron chi connectivity index (χ1n) is 8.53. The number of aryl methyl sites for hydroxylation is 1. The van der Waals surface area contributed by atoms with Crippen molar-refractivity contribution in [2.75, 3.05) is 13.2 Å². The number of halogens is 1. The van der Waals surface area contributed by atoms with Crippen LogP contribution in [0.4, 0.5) is 0 Å². The third-order valence-corrected chi connectivity index (χ3v) is 5.08. The van der Waals surface area contributed by atoms with Gasteiger partial charge >= 0.3 is 0 Å². The lowest BCUT2D eigenvalue weighted by Gasteiger charge is -2.23. The molecule has 130 valence electrons. The van der Waals surface area contributed by atoms with Gasteiger partial charge in [0, 0.05) is 23.9 Å². The van der Waals surface area contributed by atoms with Gasteiger partial charge in [-0.05, 0) is 43.5 Å². The monoisotopic (exact) mass is 357 g/mol. The van der Waals surface area contributed by atoms with Crippen LogP contribution < -0.4 is 5.56 Å². The second-order valence-electron chi connectivity index (χ2n) is 6.54. The van der Waals surface area contributed by atoms with Crippen molar-refractivity contribution >= 4 is 22.5 Å². The highest BCUT2D eigenvalue weighted by Crippen LogP contribution is 2.24. The third kappa shape index (κ3) is 3.10. The molecular formula is C19H20ClN3O2. The van der Waals surface area contributed by atoms with E-state index in [-0.39, 0.29) is 5.56 Å². The van der Waals surface area contributed by atoms with E-state index in [4.69, 9.17) is 16.3 Å². The van der Waals surface area contributed by atoms with Gasteiger partial charge in [0.05, 0.1) is 29.7 Å². The molecule has 0 radical (unpaired) electrons. The Kier molecular flexibility index (Phi) is 4.36. The van der Waals surface area contributed by atoms with E-state index in [0.29, 0.717) is 23.0 Å². The van der Waals surface area contributed by atoms with Crippen molar-refractivity contribution in [1.82, 2.24) is 14.3 Å². The fourth-order valence-electron chi connectivity index (χ4n) is 3.50. The molecule has 1 saturated heterocycles. The Morgan fingerprint density at radius 2 is 2.08 bits per heavy atom. The summed E-state index contributed by atoms with van der Waals surface area (Å²) in [5, 5.41) is 5.85. The van der Waals surface area contributed by atoms with Crippen LogP contribution in [-0.2, 0) is 11.3 Å². The van der Waals surface area contributed by atoms with Gasteiger partial charge in [0.25, 0.3) is 5.56 Å². The minimum atomic E-state index is -0.00622. The van der Waals surface area contributed by atoms with Gasteiger partial charge in [0.1, 0.15) is 0 Å². The molecule has 0 amide bonds. The Morgan fingerprint density at radius 1 is 1.28 bits per heavy atom. The number of fused-ring (bicyclic) bond motifs is 1. The highest BCUT2D eigenvalue weighted by molar-refractivity contribution is 6.30. The minimum absolute atomic E-state index is 0.00622. The Bertz CT molecular complexity index is 970. The molecule has 0 atom stereocenters. The zero-order valence-corrected chi connectivity index (χ0v) is 14.9. The molecule has 0 unspecified atom stereocenters. The molecule has 1 fully saturated rings. The highest BCUT2D eigenvalue weighted by Gasteiger charge is 2.20. The van der Waals surface area contributed by atoms with Crippen molar-refractivity contribution in [1.29, 1.82) is 0 Å². The van der Waals surface area contributed by atoms with Crippen LogP contribution in [-0.4, -0.2) is 27.6 Å². The topological polar surface area (TPSA) is 49.1 Å². The SMILES string of the molecule is Cc1cc2c(cnn2C2CCOCC2)c(=O)n1Cc1cccc(Cl)c1. The molecule has 6 heteroatoms. The second kappa shape index (κ2) is 6.65. The van der Waals surface area contributed by atoms with E-state index in [1.54, 1.807) is 10.8 Å². The van der Waals surface area contributed by atoms with Gasteiger partial charge in [-0.15, -0.1) is 0 Å². The average Bonchev–Trinajstić information content (AvgIpc) is 3.03. The number of pyridine rings is 1. The van der Waals surface area contributed by atoms with Crippen molar-refractivity contribution < 1.29 is 4.74 Å². The first-order chi connectivity index (χ1) is 12.1. The second-order valence-corrected chi connectivity index (χ2v) is 6.97. The van der Waals surface area contributed by atoms with Crippen LogP contribution in [0.2, 0.25) is 5.02 Å². The van der Waals surface area contributed by atoms with E-state index in [2.05, 4.69) is 11.2 Å². The molecule has 25 heavy (non-hydrogen) atoms. The molecule has 0 saturated carbocycles. The van der Waals surface area contributed by atoms with Crippen molar-refractivity contribution in [3.05, 3.63) is 63.2 Å². The van der Waals surface area contributed by atoms with E-state index >= 15 is 0 Å². The maximum atomic E-state index is 13.0. The normalized spacial score (nSPS) is 15.8. The molecule has 5 nitrogen and oxygen atoms in total. The summed E-state index contributed by atoms with van der Waals surface area (Å²) in [6.45, 7) is 3.96. The van der Waals surface area contributed by atoms with Gasteiger partial charge < -0.3 is 9.30 Å². The average molecular weight is 358 g/mol. The van der Waals surface area contributed by atoms with E-state index < -0.39 is 0 Å². The number of hydrogen-bond donors (Lipinski definition) is 0. The summed E-state index contributed by atoms with van der Waals surface area (Å²) < 4.78 is 9.21. The first-order valence-corrected chi connectivity index (χ1v) is 8.91. The number of hydrogen-bond acceptors (Lipinski definition) is 3. The fraction of sp³-hybridized carbons (Fsp3) is 0.368. The lowest BCUT2D eigenvalue weighted by atomic mass is 10.1. The Morgan fingerprint density at radius 3 is 2.84 bits per heavy atom. The van der Waals surface area contributed by atoms with Crippen molar-refractivity contribution in [3.8, 4) is 0 Å². The molecule has 3 heterocycles. The number of rotatable bonds is 3. The molecule has 1 aromatic carbocycles. The van der Waals surface area contributed by atoms with Gasteiger partial charge in [0.2, 0.25) is 0 Å². The van der Waals surface area contributed by atoms with Crippen LogP contribution >= 0.6 is 11.6 Å². The summed E-state index contributed by atoms with van der Waals surface area (Å²) in [6.07, 6.45) is 3.56. The zero-order valence-electron chi connectivity index (χ0n) is 14.1. The van der Waals surface area contributed by atoms with Crippen molar-refractivity contribution in [3.63, 3.8) is 0 Å². The van der Waals surface area contributed by atoms with Crippen LogP contribution in [0.3, 0.4) is 0 Å². The molecule has 0 spiro atoms. The number of aromatic nitrogens is 3. The van der Waals surface area contributed by atoms with Gasteiger partial charge in [-0.1, -0.05) is 23.7 Å². The molecular weight excluding hydrogens is 338 g/mol. The molecule has 0 bridgehead atoms. The molecule has 1 aliphatic rings. The standard InChI is InChI=1S/C19H20ClN3O2/c1-13-9-18-17(11-21-23(18)16-5-7-25-8-6-16)19(24)22(13)12-14-3-2-4-15(20)10-14/h2-4,9-11,16H,5-8,12H2,1H3. The van der Waals surface area contributed by atoms with Gasteiger partial charge in [-0.25, -0.2) is 0 Å². The summed E-state index contributed by atoms with van der Waals surface area (Å²) in [5.74, 6) is 0. The molecule has 4 rings (SSSR count). The number of benzene rings is 1. The predicted octanol–water partition coefficient (Wildman–Crippen LogP) is 3.56. The quantitative estimate of drug-likeness (QED) is 0.720. The summed E-state index contributed by atoms with van der Waals surface area (Å²) in [5.41, 5.74) is 2.84. The van der Waals surface area contributed by atoms with Crippen molar-refractivity contribution in [2.45, 2.75) is 32.4 Å². The maximum absolute atomic E-state index is 13.0. The van der Waals surface area contributed by atoms with Crippen molar-refractivity contribution in [2.24, 2.45) is 0 Å². The lowest BCUT2D eigenvalue weighted by molar-refractivity contribution is 0.0675. The Balaban J connectivity index is 1.76. The van der Waals surface area contributed by atoms with E-state index in [0.717, 1.165) is 42.8 Å². The highest BCUT2D eigenvalue weighted by atomic mass is 35.5. The minimum Gasteiger partial charge on any atom is -0.381 e. The summed E-state index contributed by atoms with van der Waals surface area (Å²) >= 11 is 6.06. The molecule has 0 N–H and O–H groups in total. The molecule has 1 aliphatic heterocycles. The zero-order chi connectivity index (χ0) is 17.4. The predicted molar refractivity (Wildman–Crippen MR) is 98.4 cm³/mol. The maximum Gasteiger partial charge on any atom is 0.262 e. The first kappa shape index (κ1) is 16.4. The Labute approximate surface area is 150 Å². The van der Waals surface area contributed by atoms with Gasteiger partial charge in [-0.3, -0.25) is 9.48 Å². The van der Waals surface area contributed by atoms with E-state index in [1.165, 1.54) is 0 Å². The number of nitrogens with zero attached hydrogens (tertiary/aromatic N) is 3. The third-order valence-electron chi connectivity index (χ3n) is 4.85. The smallest absolute Gasteiger partial charge is 0.262 e. The van der Waals surface area contributed by atoms with Crippen LogP contribution in [0, 0.1) is 6.92 Å². The summed E-state index contributed by atoms with van der Waals surface area (Å²) in [6, 6.07) is 9.97. The number of ether oxygens (including phenoxy) is 1. The van der Waals surface area contributed by atoms with Crippen LogP contribution in [0.5, 0.6) is 0 Å². The van der Waals surface area contributed by atoms with Crippen LogP contribution in [0.1, 0.15) is 30.1 Å². The molecule has 2 aromatic heterocycles. The van der Waals surface area contributed by atoms with E-state index in [9.17, 15) is 4.79 Å². The lowest BCUT2D eigenvalue weighted by Crippen LogP contribution is -2.24. The summed E-state index contributed by atoms with van der Waals surface area (Å²) in [7, 11) is 0. The van der Waals surface area contributed by atoms with Crippen LogP contribution in [0.25, 0.3) is 10.9 Å². The van der Waals surface area contributed by atoms with Gasteiger partial charge in [-0.2, -0.15) is 5.10 Å². The summed E-state index contributed by atoms with van der Waals surface area (Å²) in [4.78, 5) is 13.0. The van der Waals surface area contributed by atoms with Gasteiger partial charge in [0.15, 0.2) is 0 Å². The fourth-order valence-corrected chi connectivity index (χ4v) is 3.71. The van der Waals surface area contributed by atoms with Crippen LogP contribution in [0.15, 0.2) is 41.3 Å². The molecule has 0 aliphatic carbocycles.